The van der Waals surface area contributed by atoms with Gasteiger partial charge in [-0.1, -0.05) is 0 Å². The van der Waals surface area contributed by atoms with Gasteiger partial charge in [0.2, 0.25) is 5.91 Å². The first kappa shape index (κ1) is 24.3. The van der Waals surface area contributed by atoms with Crippen molar-refractivity contribution < 1.29 is 24.2 Å². The first-order valence-electron chi connectivity index (χ1n) is 11.6. The van der Waals surface area contributed by atoms with Crippen LogP contribution < -0.4 is 19.7 Å². The molecule has 0 aliphatic carbocycles. The second kappa shape index (κ2) is 10.7. The number of hydrogen-bond donors (Lipinski definition) is 2. The molecule has 0 saturated carbocycles. The number of anilines is 2. The summed E-state index contributed by atoms with van der Waals surface area (Å²) in [6.07, 6.45) is 1.83. The fraction of sp³-hybridized carbons (Fsp3) is 0.440. The van der Waals surface area contributed by atoms with Crippen molar-refractivity contribution in [3.05, 3.63) is 45.9 Å². The number of ether oxygens (including phenoxy) is 2. The van der Waals surface area contributed by atoms with Gasteiger partial charge in [-0.25, -0.2) is 4.79 Å². The lowest BCUT2D eigenvalue weighted by atomic mass is 9.99. The second-order valence-electron chi connectivity index (χ2n) is 8.49. The van der Waals surface area contributed by atoms with E-state index in [2.05, 4.69) is 43.2 Å². The van der Waals surface area contributed by atoms with Crippen LogP contribution in [0.1, 0.15) is 42.6 Å². The predicted molar refractivity (Wildman–Crippen MR) is 134 cm³/mol. The van der Waals surface area contributed by atoms with Gasteiger partial charge in [-0.15, -0.1) is 0 Å². The number of carbonyl (C=O) groups is 2. The van der Waals surface area contributed by atoms with Crippen LogP contribution in [0.2, 0.25) is 0 Å². The fourth-order valence-electron chi connectivity index (χ4n) is 4.66. The minimum absolute atomic E-state index is 0.112. The molecule has 2 aromatic rings. The van der Waals surface area contributed by atoms with Crippen LogP contribution in [0.3, 0.4) is 0 Å². The van der Waals surface area contributed by atoms with Gasteiger partial charge in [0.15, 0.2) is 0 Å². The number of carboxylic acid groups (broad SMARTS) is 1. The smallest absolute Gasteiger partial charge is 0.335 e. The molecular formula is C25H30BrN3O5. The van der Waals surface area contributed by atoms with Crippen molar-refractivity contribution in [2.24, 2.45) is 0 Å². The van der Waals surface area contributed by atoms with Gasteiger partial charge in [0.05, 0.1) is 36.7 Å². The third kappa shape index (κ3) is 5.31. The molecule has 0 bridgehead atoms. The highest BCUT2D eigenvalue weighted by Crippen LogP contribution is 2.37. The molecule has 9 heteroatoms. The molecule has 2 heterocycles. The van der Waals surface area contributed by atoms with Crippen molar-refractivity contribution in [2.45, 2.75) is 39.3 Å². The van der Waals surface area contributed by atoms with Crippen LogP contribution in [0, 0.1) is 0 Å². The summed E-state index contributed by atoms with van der Waals surface area (Å²) in [7, 11) is 0. The quantitative estimate of drug-likeness (QED) is 0.522. The third-order valence-electron chi connectivity index (χ3n) is 6.21. The van der Waals surface area contributed by atoms with E-state index in [1.165, 1.54) is 6.07 Å². The molecule has 4 rings (SSSR count). The Kier molecular flexibility index (Phi) is 7.63. The van der Waals surface area contributed by atoms with E-state index in [0.717, 1.165) is 59.7 Å². The minimum Gasteiger partial charge on any atom is -0.493 e. The number of carbonyl (C=O) groups excluding carboxylic acids is 1. The first-order valence-corrected chi connectivity index (χ1v) is 12.4. The summed E-state index contributed by atoms with van der Waals surface area (Å²) in [6, 6.07) is 9.29. The minimum atomic E-state index is -1.00. The van der Waals surface area contributed by atoms with Gasteiger partial charge < -0.3 is 24.8 Å². The average molecular weight is 532 g/mol. The summed E-state index contributed by atoms with van der Waals surface area (Å²) in [5, 5.41) is 12.1. The van der Waals surface area contributed by atoms with E-state index in [0.29, 0.717) is 18.9 Å². The second-order valence-corrected chi connectivity index (χ2v) is 9.29. The maximum Gasteiger partial charge on any atom is 0.335 e. The fourth-order valence-corrected chi connectivity index (χ4v) is 5.12. The number of benzene rings is 2. The topological polar surface area (TPSA) is 91.3 Å². The number of likely N-dealkylation sites (tertiary alicyclic amines) is 1. The molecule has 1 saturated heterocycles. The molecule has 34 heavy (non-hydrogen) atoms. The van der Waals surface area contributed by atoms with Gasteiger partial charge in [0.25, 0.3) is 0 Å². The van der Waals surface area contributed by atoms with E-state index in [1.54, 1.807) is 12.1 Å². The van der Waals surface area contributed by atoms with Crippen LogP contribution >= 0.6 is 15.9 Å². The summed E-state index contributed by atoms with van der Waals surface area (Å²) >= 11 is 3.59. The molecule has 2 N–H and O–H groups in total. The zero-order valence-corrected chi connectivity index (χ0v) is 21.1. The van der Waals surface area contributed by atoms with Gasteiger partial charge in [-0.2, -0.15) is 0 Å². The third-order valence-corrected chi connectivity index (χ3v) is 6.99. The van der Waals surface area contributed by atoms with Crippen molar-refractivity contribution in [3.8, 4) is 11.5 Å². The molecule has 2 aliphatic heterocycles. The van der Waals surface area contributed by atoms with Gasteiger partial charge in [-0.3, -0.25) is 9.69 Å². The lowest BCUT2D eigenvalue weighted by Gasteiger charge is -2.42. The Morgan fingerprint density at radius 2 is 1.76 bits per heavy atom. The number of carboxylic acids is 1. The van der Waals surface area contributed by atoms with E-state index >= 15 is 0 Å². The molecule has 8 nitrogen and oxygen atoms in total. The molecule has 0 spiro atoms. The number of nitrogens with one attached hydrogen (secondary N) is 1. The van der Waals surface area contributed by atoms with Gasteiger partial charge >= 0.3 is 5.97 Å². The van der Waals surface area contributed by atoms with E-state index in [1.807, 2.05) is 13.8 Å². The number of fused-ring (bicyclic) bond motifs is 1. The summed E-state index contributed by atoms with van der Waals surface area (Å²) in [4.78, 5) is 28.2. The first-order chi connectivity index (χ1) is 16.4. The molecule has 0 aromatic heterocycles. The summed E-state index contributed by atoms with van der Waals surface area (Å²) in [5.74, 6) is 0.458. The molecule has 0 radical (unpaired) electrons. The van der Waals surface area contributed by atoms with Crippen molar-refractivity contribution >= 4 is 39.2 Å². The Morgan fingerprint density at radius 1 is 1.12 bits per heavy atom. The standard InChI is InChI=1S/C25H30BrN3O5/c1-3-33-21-11-16(12-22(24(21)26)34-4-2)14-28-9-7-18(8-10-28)29-15-23(30)27-19-13-17(25(31)32)5-6-20(19)29/h5-6,11-13,18H,3-4,7-10,14-15H2,1-2H3,(H,27,30)(H,31,32). The van der Waals surface area contributed by atoms with E-state index in [9.17, 15) is 14.7 Å². The highest BCUT2D eigenvalue weighted by Gasteiger charge is 2.31. The van der Waals surface area contributed by atoms with Gasteiger partial charge in [0.1, 0.15) is 16.0 Å². The van der Waals surface area contributed by atoms with Crippen LogP contribution in [0.5, 0.6) is 11.5 Å². The maximum atomic E-state index is 12.3. The average Bonchev–Trinajstić information content (AvgIpc) is 2.82. The normalized spacial score (nSPS) is 16.7. The zero-order chi connectivity index (χ0) is 24.2. The van der Waals surface area contributed by atoms with Crippen LogP contribution in [0.15, 0.2) is 34.8 Å². The SMILES string of the molecule is CCOc1cc(CN2CCC(N3CC(=O)Nc4cc(C(=O)O)ccc43)CC2)cc(OCC)c1Br. The van der Waals surface area contributed by atoms with E-state index in [-0.39, 0.29) is 24.1 Å². The lowest BCUT2D eigenvalue weighted by molar-refractivity contribution is -0.115. The molecule has 1 fully saturated rings. The van der Waals surface area contributed by atoms with Crippen LogP contribution in [-0.4, -0.2) is 60.8 Å². The van der Waals surface area contributed by atoms with Crippen LogP contribution in [0.4, 0.5) is 11.4 Å². The summed E-state index contributed by atoms with van der Waals surface area (Å²) in [5.41, 5.74) is 2.76. The van der Waals surface area contributed by atoms with Crippen LogP contribution in [0.25, 0.3) is 0 Å². The Hall–Kier alpha value is -2.78. The molecule has 2 aliphatic rings. The van der Waals surface area contributed by atoms with Crippen molar-refractivity contribution in [1.82, 2.24) is 4.90 Å². The number of nitrogens with zero attached hydrogens (tertiary/aromatic N) is 2. The van der Waals surface area contributed by atoms with Crippen LogP contribution in [-0.2, 0) is 11.3 Å². The summed E-state index contributed by atoms with van der Waals surface area (Å²) < 4.78 is 12.4. The van der Waals surface area contributed by atoms with Crippen molar-refractivity contribution in [1.29, 1.82) is 0 Å². The largest absolute Gasteiger partial charge is 0.493 e. The Labute approximate surface area is 208 Å². The van der Waals surface area contributed by atoms with E-state index in [4.69, 9.17) is 9.47 Å². The highest BCUT2D eigenvalue weighted by molar-refractivity contribution is 9.10. The molecule has 0 unspecified atom stereocenters. The molecule has 2 aromatic carbocycles. The number of aromatic carboxylic acids is 1. The molecule has 182 valence electrons. The highest BCUT2D eigenvalue weighted by atomic mass is 79.9. The maximum absolute atomic E-state index is 12.3. The molecule has 0 atom stereocenters. The van der Waals surface area contributed by atoms with Crippen molar-refractivity contribution in [2.75, 3.05) is 43.1 Å². The number of piperidine rings is 1. The Morgan fingerprint density at radius 3 is 2.35 bits per heavy atom. The Balaban J connectivity index is 1.44. The number of halogens is 1. The molecule has 1 amide bonds. The number of amides is 1. The monoisotopic (exact) mass is 531 g/mol. The molecular weight excluding hydrogens is 502 g/mol. The lowest BCUT2D eigenvalue weighted by Crippen LogP contribution is -2.49. The van der Waals surface area contributed by atoms with Crippen molar-refractivity contribution in [3.63, 3.8) is 0 Å². The zero-order valence-electron chi connectivity index (χ0n) is 19.5. The predicted octanol–water partition coefficient (Wildman–Crippen LogP) is 4.37. The number of hydrogen-bond acceptors (Lipinski definition) is 6. The van der Waals surface area contributed by atoms with Gasteiger partial charge in [0, 0.05) is 25.7 Å². The number of rotatable bonds is 8. The Bertz CT molecular complexity index is 1040. The van der Waals surface area contributed by atoms with E-state index < -0.39 is 5.97 Å². The van der Waals surface area contributed by atoms with Gasteiger partial charge in [-0.05, 0) is 78.5 Å². The summed E-state index contributed by atoms with van der Waals surface area (Å²) in [6.45, 7) is 7.96.